The lowest BCUT2D eigenvalue weighted by Gasteiger charge is -2.02. The summed E-state index contributed by atoms with van der Waals surface area (Å²) < 4.78 is 4.66. The molecule has 0 unspecified atom stereocenters. The lowest BCUT2D eigenvalue weighted by molar-refractivity contribution is -0.116. The van der Waals surface area contributed by atoms with Crippen LogP contribution in [0.2, 0.25) is 0 Å². The van der Waals surface area contributed by atoms with Crippen LogP contribution in [0.25, 0.3) is 0 Å². The van der Waals surface area contributed by atoms with E-state index in [1.807, 2.05) is 6.07 Å². The number of ether oxygens (including phenoxy) is 1. The van der Waals surface area contributed by atoms with Gasteiger partial charge in [0.15, 0.2) is 0 Å². The topological polar surface area (TPSA) is 79.2 Å². The number of carbonyl (C=O) groups excluding carboxylic acids is 2. The van der Waals surface area contributed by atoms with Crippen molar-refractivity contribution in [3.63, 3.8) is 0 Å². The largest absolute Gasteiger partial charge is 0.465 e. The average Bonchev–Trinajstić information content (AvgIpc) is 2.74. The molecule has 1 heterocycles. The van der Waals surface area contributed by atoms with E-state index >= 15 is 0 Å². The third-order valence-electron chi connectivity index (χ3n) is 2.89. The molecule has 0 fully saturated rings. The number of thiophene rings is 1. The van der Waals surface area contributed by atoms with E-state index in [9.17, 15) is 9.59 Å². The number of nitrogens with zero attached hydrogens (tertiary/aromatic N) is 1. The van der Waals surface area contributed by atoms with Crippen LogP contribution >= 0.6 is 11.3 Å². The second kappa shape index (κ2) is 7.65. The Labute approximate surface area is 122 Å². The Kier molecular flexibility index (Phi) is 6.19. The number of nitriles is 1. The van der Waals surface area contributed by atoms with Crippen LogP contribution in [0.4, 0.5) is 5.00 Å². The smallest absolute Gasteiger partial charge is 0.348 e. The molecular weight excluding hydrogens is 276 g/mol. The fourth-order valence-electron chi connectivity index (χ4n) is 1.75. The predicted octanol–water partition coefficient (Wildman–Crippen LogP) is 3.23. The summed E-state index contributed by atoms with van der Waals surface area (Å²) in [5, 5.41) is 12.3. The molecule has 1 rings (SSSR count). The zero-order valence-corrected chi connectivity index (χ0v) is 12.7. The standard InChI is InChI=1S/C14H18N2O3S/c1-4-5-6-7-11(17)16-13-10(8-15)9(2)12(20-13)14(18)19-3/h4-7H2,1-3H3,(H,16,17). The Morgan fingerprint density at radius 3 is 2.65 bits per heavy atom. The second-order valence-electron chi connectivity index (χ2n) is 4.37. The van der Waals surface area contributed by atoms with Crippen molar-refractivity contribution in [2.75, 3.05) is 12.4 Å². The molecule has 1 amide bonds. The maximum atomic E-state index is 11.8. The molecule has 0 aliphatic carbocycles. The van der Waals surface area contributed by atoms with Gasteiger partial charge in [0.2, 0.25) is 5.91 Å². The number of hydrogen-bond acceptors (Lipinski definition) is 5. The second-order valence-corrected chi connectivity index (χ2v) is 5.39. The lowest BCUT2D eigenvalue weighted by Crippen LogP contribution is -2.10. The first-order chi connectivity index (χ1) is 9.54. The highest BCUT2D eigenvalue weighted by Gasteiger charge is 2.21. The number of rotatable bonds is 6. The molecule has 0 saturated heterocycles. The Morgan fingerprint density at radius 2 is 2.10 bits per heavy atom. The van der Waals surface area contributed by atoms with Crippen molar-refractivity contribution in [3.05, 3.63) is 16.0 Å². The van der Waals surface area contributed by atoms with Gasteiger partial charge in [-0.2, -0.15) is 5.26 Å². The van der Waals surface area contributed by atoms with Crippen LogP contribution in [0, 0.1) is 18.3 Å². The summed E-state index contributed by atoms with van der Waals surface area (Å²) >= 11 is 1.08. The van der Waals surface area contributed by atoms with Gasteiger partial charge in [0.1, 0.15) is 15.9 Å². The molecule has 0 spiro atoms. The first-order valence-corrected chi connectivity index (χ1v) is 7.28. The lowest BCUT2D eigenvalue weighted by atomic mass is 10.1. The molecule has 6 heteroatoms. The summed E-state index contributed by atoms with van der Waals surface area (Å²) in [6.07, 6.45) is 3.28. The highest BCUT2D eigenvalue weighted by atomic mass is 32.1. The van der Waals surface area contributed by atoms with Crippen LogP contribution < -0.4 is 5.32 Å². The third kappa shape index (κ3) is 3.81. The average molecular weight is 294 g/mol. The van der Waals surface area contributed by atoms with Gasteiger partial charge in [-0.25, -0.2) is 4.79 Å². The Balaban J connectivity index is 2.87. The van der Waals surface area contributed by atoms with Crippen molar-refractivity contribution in [1.82, 2.24) is 0 Å². The molecule has 0 atom stereocenters. The Hall–Kier alpha value is -1.87. The van der Waals surface area contributed by atoms with E-state index in [1.54, 1.807) is 6.92 Å². The van der Waals surface area contributed by atoms with Gasteiger partial charge in [-0.15, -0.1) is 11.3 Å². The van der Waals surface area contributed by atoms with Crippen LogP contribution in [0.15, 0.2) is 0 Å². The van der Waals surface area contributed by atoms with Crippen molar-refractivity contribution in [3.8, 4) is 6.07 Å². The molecule has 0 bridgehead atoms. The van der Waals surface area contributed by atoms with Crippen LogP contribution in [0.1, 0.15) is 53.4 Å². The highest BCUT2D eigenvalue weighted by molar-refractivity contribution is 7.18. The Morgan fingerprint density at radius 1 is 1.40 bits per heavy atom. The van der Waals surface area contributed by atoms with Gasteiger partial charge in [-0.1, -0.05) is 19.8 Å². The summed E-state index contributed by atoms with van der Waals surface area (Å²) in [7, 11) is 1.29. The first-order valence-electron chi connectivity index (χ1n) is 6.46. The van der Waals surface area contributed by atoms with E-state index in [4.69, 9.17) is 5.26 Å². The van der Waals surface area contributed by atoms with Gasteiger partial charge in [-0.3, -0.25) is 4.79 Å². The number of methoxy groups -OCH3 is 1. The van der Waals surface area contributed by atoms with Crippen LogP contribution in [-0.4, -0.2) is 19.0 Å². The molecule has 1 aromatic heterocycles. The van der Waals surface area contributed by atoms with E-state index in [0.717, 1.165) is 30.6 Å². The quantitative estimate of drug-likeness (QED) is 0.645. The number of unbranched alkanes of at least 4 members (excludes halogenated alkanes) is 2. The van der Waals surface area contributed by atoms with Gasteiger partial charge < -0.3 is 10.1 Å². The highest BCUT2D eigenvalue weighted by Crippen LogP contribution is 2.33. The SMILES string of the molecule is CCCCCC(=O)Nc1sc(C(=O)OC)c(C)c1C#N. The molecule has 20 heavy (non-hydrogen) atoms. The molecule has 1 N–H and O–H groups in total. The molecule has 0 saturated carbocycles. The van der Waals surface area contributed by atoms with E-state index in [-0.39, 0.29) is 5.91 Å². The predicted molar refractivity (Wildman–Crippen MR) is 77.9 cm³/mol. The number of esters is 1. The molecule has 0 aliphatic heterocycles. The summed E-state index contributed by atoms with van der Waals surface area (Å²) in [5.41, 5.74) is 0.882. The normalized spacial score (nSPS) is 9.90. The van der Waals surface area contributed by atoms with Crippen molar-refractivity contribution < 1.29 is 14.3 Å². The van der Waals surface area contributed by atoms with Crippen molar-refractivity contribution >= 4 is 28.2 Å². The molecule has 108 valence electrons. The van der Waals surface area contributed by atoms with Gasteiger partial charge in [-0.05, 0) is 18.9 Å². The van der Waals surface area contributed by atoms with E-state index in [2.05, 4.69) is 17.0 Å². The van der Waals surface area contributed by atoms with Crippen LogP contribution in [0.3, 0.4) is 0 Å². The Bertz CT molecular complexity index is 543. The zero-order chi connectivity index (χ0) is 15.1. The molecule has 5 nitrogen and oxygen atoms in total. The monoisotopic (exact) mass is 294 g/mol. The number of carbonyl (C=O) groups is 2. The number of hydrogen-bond donors (Lipinski definition) is 1. The fraction of sp³-hybridized carbons (Fsp3) is 0.500. The zero-order valence-electron chi connectivity index (χ0n) is 11.9. The maximum Gasteiger partial charge on any atom is 0.348 e. The van der Waals surface area contributed by atoms with Gasteiger partial charge >= 0.3 is 5.97 Å². The minimum absolute atomic E-state index is 0.132. The van der Waals surface area contributed by atoms with Gasteiger partial charge in [0.05, 0.1) is 12.7 Å². The van der Waals surface area contributed by atoms with E-state index in [1.165, 1.54) is 7.11 Å². The third-order valence-corrected chi connectivity index (χ3v) is 4.08. The van der Waals surface area contributed by atoms with E-state index < -0.39 is 5.97 Å². The number of anilines is 1. The minimum Gasteiger partial charge on any atom is -0.465 e. The fourth-order valence-corrected chi connectivity index (χ4v) is 2.84. The number of nitrogens with one attached hydrogen (secondary N) is 1. The molecule has 0 aromatic carbocycles. The maximum absolute atomic E-state index is 11.8. The van der Waals surface area contributed by atoms with Crippen molar-refractivity contribution in [2.45, 2.75) is 39.5 Å². The van der Waals surface area contributed by atoms with Gasteiger partial charge in [0.25, 0.3) is 0 Å². The van der Waals surface area contributed by atoms with Crippen molar-refractivity contribution in [2.24, 2.45) is 0 Å². The summed E-state index contributed by atoms with van der Waals surface area (Å²) in [6.45, 7) is 3.74. The molecular formula is C14H18N2O3S. The summed E-state index contributed by atoms with van der Waals surface area (Å²) in [5.74, 6) is -0.622. The van der Waals surface area contributed by atoms with Crippen LogP contribution in [-0.2, 0) is 9.53 Å². The van der Waals surface area contributed by atoms with Crippen LogP contribution in [0.5, 0.6) is 0 Å². The summed E-state index contributed by atoms with van der Waals surface area (Å²) in [6, 6.07) is 2.02. The molecule has 0 aliphatic rings. The van der Waals surface area contributed by atoms with E-state index in [0.29, 0.717) is 27.4 Å². The first kappa shape index (κ1) is 16.2. The van der Waals surface area contributed by atoms with Gasteiger partial charge in [0, 0.05) is 6.42 Å². The summed E-state index contributed by atoms with van der Waals surface area (Å²) in [4.78, 5) is 23.7. The number of amides is 1. The molecule has 0 radical (unpaired) electrons. The molecule has 1 aromatic rings. The minimum atomic E-state index is -0.490. The van der Waals surface area contributed by atoms with Crippen molar-refractivity contribution in [1.29, 1.82) is 5.26 Å².